The van der Waals surface area contributed by atoms with Crippen LogP contribution in [0.3, 0.4) is 0 Å². The minimum Gasteiger partial charge on any atom is -0.306 e. The lowest BCUT2D eigenvalue weighted by Crippen LogP contribution is -2.24. The molecule has 1 aromatic heterocycles. The van der Waals surface area contributed by atoms with E-state index in [1.54, 1.807) is 0 Å². The molecule has 0 bridgehead atoms. The molecule has 2 rings (SSSR count). The third kappa shape index (κ3) is 3.81. The Morgan fingerprint density at radius 1 is 1.35 bits per heavy atom. The first-order chi connectivity index (χ1) is 9.61. The van der Waals surface area contributed by atoms with Crippen LogP contribution in [0.4, 0.5) is 0 Å². The van der Waals surface area contributed by atoms with Crippen molar-refractivity contribution in [1.29, 1.82) is 0 Å². The summed E-state index contributed by atoms with van der Waals surface area (Å²) in [4.78, 5) is 4.26. The van der Waals surface area contributed by atoms with Crippen molar-refractivity contribution in [1.82, 2.24) is 10.3 Å². The monoisotopic (exact) mass is 352 g/mol. The summed E-state index contributed by atoms with van der Waals surface area (Å²) in [6.07, 6.45) is 4.83. The van der Waals surface area contributed by atoms with Gasteiger partial charge in [0.2, 0.25) is 0 Å². The Labute approximate surface area is 133 Å². The van der Waals surface area contributed by atoms with Crippen molar-refractivity contribution in [3.63, 3.8) is 0 Å². The SMILES string of the molecule is CCCNC(c1cc(Cl)cc(Br)c1)c1cnccc1C. The number of benzene rings is 1. The summed E-state index contributed by atoms with van der Waals surface area (Å²) in [6, 6.07) is 8.16. The lowest BCUT2D eigenvalue weighted by Gasteiger charge is -2.21. The fourth-order valence-corrected chi connectivity index (χ4v) is 3.10. The predicted molar refractivity (Wildman–Crippen MR) is 88.3 cm³/mol. The number of aromatic nitrogens is 1. The summed E-state index contributed by atoms with van der Waals surface area (Å²) in [5.41, 5.74) is 3.56. The van der Waals surface area contributed by atoms with Gasteiger partial charge in [-0.25, -0.2) is 0 Å². The maximum absolute atomic E-state index is 6.18. The number of rotatable bonds is 5. The highest BCUT2D eigenvalue weighted by Gasteiger charge is 2.16. The van der Waals surface area contributed by atoms with Crippen LogP contribution in [0.5, 0.6) is 0 Å². The van der Waals surface area contributed by atoms with Gasteiger partial charge in [0, 0.05) is 21.9 Å². The van der Waals surface area contributed by atoms with Crippen LogP contribution in [0.25, 0.3) is 0 Å². The van der Waals surface area contributed by atoms with Gasteiger partial charge < -0.3 is 5.32 Å². The molecule has 0 radical (unpaired) electrons. The lowest BCUT2D eigenvalue weighted by atomic mass is 9.96. The number of hydrogen-bond donors (Lipinski definition) is 1. The van der Waals surface area contributed by atoms with Gasteiger partial charge in [-0.3, -0.25) is 4.98 Å². The van der Waals surface area contributed by atoms with Crippen molar-refractivity contribution in [2.24, 2.45) is 0 Å². The van der Waals surface area contributed by atoms with E-state index < -0.39 is 0 Å². The average Bonchev–Trinajstić information content (AvgIpc) is 2.40. The smallest absolute Gasteiger partial charge is 0.0595 e. The molecule has 0 fully saturated rings. The van der Waals surface area contributed by atoms with Gasteiger partial charge in [-0.2, -0.15) is 0 Å². The van der Waals surface area contributed by atoms with Crippen LogP contribution in [-0.2, 0) is 0 Å². The second kappa shape index (κ2) is 7.21. The van der Waals surface area contributed by atoms with Crippen LogP contribution in [0.15, 0.2) is 41.1 Å². The van der Waals surface area contributed by atoms with E-state index >= 15 is 0 Å². The molecule has 0 aliphatic heterocycles. The van der Waals surface area contributed by atoms with Crippen molar-refractivity contribution in [2.75, 3.05) is 6.54 Å². The molecule has 0 amide bonds. The summed E-state index contributed by atoms with van der Waals surface area (Å²) in [7, 11) is 0. The number of nitrogens with one attached hydrogen (secondary N) is 1. The first-order valence-corrected chi connectivity index (χ1v) is 7.88. The molecule has 1 N–H and O–H groups in total. The zero-order valence-corrected chi connectivity index (χ0v) is 14.0. The predicted octanol–water partition coefficient (Wildman–Crippen LogP) is 4.89. The highest BCUT2D eigenvalue weighted by atomic mass is 79.9. The summed E-state index contributed by atoms with van der Waals surface area (Å²) >= 11 is 9.69. The number of aryl methyl sites for hydroxylation is 1. The van der Waals surface area contributed by atoms with Gasteiger partial charge in [0.1, 0.15) is 0 Å². The van der Waals surface area contributed by atoms with Gasteiger partial charge in [-0.15, -0.1) is 0 Å². The summed E-state index contributed by atoms with van der Waals surface area (Å²) in [5, 5.41) is 4.31. The Morgan fingerprint density at radius 2 is 2.15 bits per heavy atom. The van der Waals surface area contributed by atoms with Crippen LogP contribution in [-0.4, -0.2) is 11.5 Å². The van der Waals surface area contributed by atoms with E-state index in [-0.39, 0.29) is 6.04 Å². The summed E-state index contributed by atoms with van der Waals surface area (Å²) in [5.74, 6) is 0. The molecule has 2 aromatic rings. The number of nitrogens with zero attached hydrogens (tertiary/aromatic N) is 1. The fourth-order valence-electron chi connectivity index (χ4n) is 2.22. The highest BCUT2D eigenvalue weighted by Crippen LogP contribution is 2.29. The molecule has 0 saturated carbocycles. The van der Waals surface area contributed by atoms with Crippen molar-refractivity contribution < 1.29 is 0 Å². The van der Waals surface area contributed by atoms with E-state index in [1.807, 2.05) is 30.6 Å². The Kier molecular flexibility index (Phi) is 5.58. The van der Waals surface area contributed by atoms with E-state index in [0.717, 1.165) is 28.0 Å². The first kappa shape index (κ1) is 15.5. The van der Waals surface area contributed by atoms with E-state index in [0.29, 0.717) is 0 Å². The summed E-state index contributed by atoms with van der Waals surface area (Å²) < 4.78 is 0.991. The average molecular weight is 354 g/mol. The molecule has 4 heteroatoms. The van der Waals surface area contributed by atoms with Gasteiger partial charge in [-0.05, 0) is 60.8 Å². The molecule has 0 saturated heterocycles. The van der Waals surface area contributed by atoms with Crippen molar-refractivity contribution in [2.45, 2.75) is 26.3 Å². The molecule has 20 heavy (non-hydrogen) atoms. The van der Waals surface area contributed by atoms with Crippen LogP contribution >= 0.6 is 27.5 Å². The number of pyridine rings is 1. The Bertz CT molecular complexity index is 566. The van der Waals surface area contributed by atoms with Gasteiger partial charge >= 0.3 is 0 Å². The second-order valence-corrected chi connectivity index (χ2v) is 6.17. The molecular formula is C16H18BrClN2. The van der Waals surface area contributed by atoms with Gasteiger partial charge in [-0.1, -0.05) is 34.5 Å². The Hall–Kier alpha value is -0.900. The third-order valence-electron chi connectivity index (χ3n) is 3.21. The molecule has 106 valence electrons. The van der Waals surface area contributed by atoms with E-state index in [4.69, 9.17) is 11.6 Å². The van der Waals surface area contributed by atoms with Crippen LogP contribution in [0, 0.1) is 6.92 Å². The zero-order chi connectivity index (χ0) is 14.5. The molecule has 0 aliphatic rings. The molecule has 1 atom stereocenters. The largest absolute Gasteiger partial charge is 0.306 e. The van der Waals surface area contributed by atoms with E-state index in [2.05, 4.69) is 46.1 Å². The highest BCUT2D eigenvalue weighted by molar-refractivity contribution is 9.10. The van der Waals surface area contributed by atoms with Crippen LogP contribution < -0.4 is 5.32 Å². The minimum absolute atomic E-state index is 0.110. The standard InChI is InChI=1S/C16H18BrClN2/c1-3-5-20-16(15-10-19-6-4-11(15)2)12-7-13(17)9-14(18)8-12/h4,6-10,16,20H,3,5H2,1-2H3. The molecule has 1 unspecified atom stereocenters. The molecule has 0 aliphatic carbocycles. The normalized spacial score (nSPS) is 12.4. The van der Waals surface area contributed by atoms with Gasteiger partial charge in [0.25, 0.3) is 0 Å². The Morgan fingerprint density at radius 3 is 2.80 bits per heavy atom. The molecular weight excluding hydrogens is 336 g/mol. The fraction of sp³-hybridized carbons (Fsp3) is 0.312. The van der Waals surface area contributed by atoms with Crippen LogP contribution in [0.1, 0.15) is 36.1 Å². The maximum Gasteiger partial charge on any atom is 0.0595 e. The van der Waals surface area contributed by atoms with Crippen LogP contribution in [0.2, 0.25) is 5.02 Å². The van der Waals surface area contributed by atoms with Crippen molar-refractivity contribution in [3.05, 3.63) is 62.8 Å². The van der Waals surface area contributed by atoms with Crippen molar-refractivity contribution >= 4 is 27.5 Å². The van der Waals surface area contributed by atoms with E-state index in [1.165, 1.54) is 11.1 Å². The zero-order valence-electron chi connectivity index (χ0n) is 11.7. The van der Waals surface area contributed by atoms with Gasteiger partial charge in [0.15, 0.2) is 0 Å². The number of halogens is 2. The second-order valence-electron chi connectivity index (χ2n) is 4.82. The Balaban J connectivity index is 2.44. The molecule has 0 spiro atoms. The third-order valence-corrected chi connectivity index (χ3v) is 3.88. The quantitative estimate of drug-likeness (QED) is 0.827. The lowest BCUT2D eigenvalue weighted by molar-refractivity contribution is 0.594. The molecule has 1 aromatic carbocycles. The maximum atomic E-state index is 6.18. The minimum atomic E-state index is 0.110. The first-order valence-electron chi connectivity index (χ1n) is 6.71. The number of hydrogen-bond acceptors (Lipinski definition) is 2. The topological polar surface area (TPSA) is 24.9 Å². The van der Waals surface area contributed by atoms with E-state index in [9.17, 15) is 0 Å². The molecule has 1 heterocycles. The summed E-state index contributed by atoms with van der Waals surface area (Å²) in [6.45, 7) is 5.22. The molecule has 2 nitrogen and oxygen atoms in total. The van der Waals surface area contributed by atoms with Gasteiger partial charge in [0.05, 0.1) is 6.04 Å². The van der Waals surface area contributed by atoms with Crippen molar-refractivity contribution in [3.8, 4) is 0 Å².